The molecule has 0 spiro atoms. The standard InChI is InChI=1S/C20H31FN4O2.HI/c1-5-27-19(26)16-7-6-10-25(14-16)20(22-2)23-12-15-8-9-18(21)17(11-15)13-24(3)4;/h8-9,11,16H,5-7,10,12-14H2,1-4H3,(H,22,23);1H. The van der Waals surface area contributed by atoms with Crippen molar-refractivity contribution in [3.05, 3.63) is 35.1 Å². The first-order chi connectivity index (χ1) is 12.9. The van der Waals surface area contributed by atoms with Crippen LogP contribution in [-0.2, 0) is 22.6 Å². The predicted molar refractivity (Wildman–Crippen MR) is 120 cm³/mol. The number of likely N-dealkylation sites (tertiary alicyclic amines) is 1. The Hall–Kier alpha value is -1.42. The molecule has 6 nitrogen and oxygen atoms in total. The molecule has 1 fully saturated rings. The number of nitrogens with one attached hydrogen (secondary N) is 1. The molecule has 2 rings (SSSR count). The van der Waals surface area contributed by atoms with Crippen molar-refractivity contribution in [3.8, 4) is 0 Å². The molecule has 0 amide bonds. The van der Waals surface area contributed by atoms with Crippen LogP contribution in [0.3, 0.4) is 0 Å². The minimum Gasteiger partial charge on any atom is -0.466 e. The van der Waals surface area contributed by atoms with Crippen molar-refractivity contribution >= 4 is 35.9 Å². The molecule has 0 aromatic heterocycles. The number of benzene rings is 1. The Morgan fingerprint density at radius 2 is 2.18 bits per heavy atom. The lowest BCUT2D eigenvalue weighted by Crippen LogP contribution is -2.48. The number of hydrogen-bond donors (Lipinski definition) is 1. The third kappa shape index (κ3) is 7.20. The number of guanidine groups is 1. The maximum absolute atomic E-state index is 13.9. The molecule has 0 aliphatic carbocycles. The summed E-state index contributed by atoms with van der Waals surface area (Å²) in [4.78, 5) is 20.4. The Bertz CT molecular complexity index is 670. The van der Waals surface area contributed by atoms with Crippen LogP contribution in [0.4, 0.5) is 4.39 Å². The van der Waals surface area contributed by atoms with E-state index in [0.717, 1.165) is 30.9 Å². The van der Waals surface area contributed by atoms with Gasteiger partial charge in [-0.15, -0.1) is 24.0 Å². The second-order valence-corrected chi connectivity index (χ2v) is 7.10. The van der Waals surface area contributed by atoms with E-state index in [0.29, 0.717) is 31.8 Å². The van der Waals surface area contributed by atoms with Gasteiger partial charge in [-0.25, -0.2) is 4.39 Å². The number of aliphatic imine (C=N–C) groups is 1. The fourth-order valence-corrected chi connectivity index (χ4v) is 3.34. The maximum atomic E-state index is 13.9. The van der Waals surface area contributed by atoms with Gasteiger partial charge in [0.15, 0.2) is 5.96 Å². The summed E-state index contributed by atoms with van der Waals surface area (Å²) < 4.78 is 19.1. The summed E-state index contributed by atoms with van der Waals surface area (Å²) in [5.41, 5.74) is 1.67. The van der Waals surface area contributed by atoms with Crippen molar-refractivity contribution in [2.24, 2.45) is 10.9 Å². The number of carbonyl (C=O) groups excluding carboxylic acids is 1. The van der Waals surface area contributed by atoms with E-state index in [9.17, 15) is 9.18 Å². The maximum Gasteiger partial charge on any atom is 0.310 e. The van der Waals surface area contributed by atoms with Gasteiger partial charge in [-0.05, 0) is 51.6 Å². The van der Waals surface area contributed by atoms with Crippen molar-refractivity contribution in [2.45, 2.75) is 32.9 Å². The van der Waals surface area contributed by atoms with Gasteiger partial charge in [-0.2, -0.15) is 0 Å². The van der Waals surface area contributed by atoms with Crippen LogP contribution < -0.4 is 5.32 Å². The lowest BCUT2D eigenvalue weighted by atomic mass is 9.98. The number of rotatable bonds is 6. The van der Waals surface area contributed by atoms with Gasteiger partial charge in [0, 0.05) is 38.8 Å². The molecule has 1 aromatic carbocycles. The Labute approximate surface area is 184 Å². The van der Waals surface area contributed by atoms with Crippen LogP contribution >= 0.6 is 24.0 Å². The summed E-state index contributed by atoms with van der Waals surface area (Å²) in [7, 11) is 5.57. The molecular weight excluding hydrogens is 474 g/mol. The SMILES string of the molecule is CCOC(=O)C1CCCN(C(=NC)NCc2ccc(F)c(CN(C)C)c2)C1.I. The monoisotopic (exact) mass is 506 g/mol. The summed E-state index contributed by atoms with van der Waals surface area (Å²) in [6, 6.07) is 5.18. The Morgan fingerprint density at radius 3 is 2.82 bits per heavy atom. The third-order valence-electron chi connectivity index (χ3n) is 4.60. The van der Waals surface area contributed by atoms with E-state index < -0.39 is 0 Å². The molecular formula is C20H32FIN4O2. The van der Waals surface area contributed by atoms with E-state index in [1.807, 2.05) is 32.0 Å². The van der Waals surface area contributed by atoms with Crippen LogP contribution in [0, 0.1) is 11.7 Å². The third-order valence-corrected chi connectivity index (χ3v) is 4.60. The van der Waals surface area contributed by atoms with Gasteiger partial charge in [0.05, 0.1) is 12.5 Å². The Kier molecular flexibility index (Phi) is 10.7. The van der Waals surface area contributed by atoms with E-state index in [-0.39, 0.29) is 41.7 Å². The minimum absolute atomic E-state index is 0. The van der Waals surface area contributed by atoms with Crippen LogP contribution in [0.25, 0.3) is 0 Å². The molecule has 8 heteroatoms. The lowest BCUT2D eigenvalue weighted by Gasteiger charge is -2.34. The topological polar surface area (TPSA) is 57.2 Å². The zero-order valence-electron chi connectivity index (χ0n) is 17.2. The average molecular weight is 506 g/mol. The molecule has 1 aromatic rings. The van der Waals surface area contributed by atoms with Crippen LogP contribution in [0.1, 0.15) is 30.9 Å². The fourth-order valence-electron chi connectivity index (χ4n) is 3.34. The minimum atomic E-state index is -0.190. The van der Waals surface area contributed by atoms with Gasteiger partial charge >= 0.3 is 5.97 Å². The van der Waals surface area contributed by atoms with Gasteiger partial charge in [-0.3, -0.25) is 9.79 Å². The molecule has 28 heavy (non-hydrogen) atoms. The summed E-state index contributed by atoms with van der Waals surface area (Å²) in [5.74, 6) is 0.312. The molecule has 0 radical (unpaired) electrons. The molecule has 1 aliphatic heterocycles. The highest BCUT2D eigenvalue weighted by Crippen LogP contribution is 2.18. The molecule has 0 bridgehead atoms. The number of esters is 1. The van der Waals surface area contributed by atoms with Crippen LogP contribution in [0.5, 0.6) is 0 Å². The Morgan fingerprint density at radius 1 is 1.43 bits per heavy atom. The summed E-state index contributed by atoms with van der Waals surface area (Å²) in [6.45, 7) is 4.79. The highest BCUT2D eigenvalue weighted by Gasteiger charge is 2.28. The zero-order valence-corrected chi connectivity index (χ0v) is 19.5. The highest BCUT2D eigenvalue weighted by atomic mass is 127. The summed E-state index contributed by atoms with van der Waals surface area (Å²) in [6.07, 6.45) is 1.77. The van der Waals surface area contributed by atoms with Gasteiger partial charge < -0.3 is 19.9 Å². The van der Waals surface area contributed by atoms with Gasteiger partial charge in [0.1, 0.15) is 5.82 Å². The second-order valence-electron chi connectivity index (χ2n) is 7.10. The van der Waals surface area contributed by atoms with Crippen LogP contribution in [-0.4, -0.2) is 62.6 Å². The van der Waals surface area contributed by atoms with Crippen molar-refractivity contribution in [3.63, 3.8) is 0 Å². The quantitative estimate of drug-likeness (QED) is 0.279. The number of hydrogen-bond acceptors (Lipinski definition) is 4. The number of nitrogens with zero attached hydrogens (tertiary/aromatic N) is 3. The van der Waals surface area contributed by atoms with Gasteiger partial charge in [0.2, 0.25) is 0 Å². The second kappa shape index (κ2) is 12.2. The van der Waals surface area contributed by atoms with Crippen LogP contribution in [0.15, 0.2) is 23.2 Å². The van der Waals surface area contributed by atoms with Crippen molar-refractivity contribution < 1.29 is 13.9 Å². The fraction of sp³-hybridized carbons (Fsp3) is 0.600. The molecule has 1 N–H and O–H groups in total. The molecule has 1 atom stereocenters. The highest BCUT2D eigenvalue weighted by molar-refractivity contribution is 14.0. The van der Waals surface area contributed by atoms with Crippen molar-refractivity contribution in [2.75, 3.05) is 40.8 Å². The largest absolute Gasteiger partial charge is 0.466 e. The number of carbonyl (C=O) groups is 1. The average Bonchev–Trinajstić information content (AvgIpc) is 2.65. The molecule has 1 saturated heterocycles. The van der Waals surface area contributed by atoms with E-state index in [4.69, 9.17) is 4.74 Å². The molecule has 0 saturated carbocycles. The van der Waals surface area contributed by atoms with Crippen molar-refractivity contribution in [1.82, 2.24) is 15.1 Å². The first kappa shape index (κ1) is 24.6. The van der Waals surface area contributed by atoms with E-state index in [1.165, 1.54) is 6.07 Å². The molecule has 1 unspecified atom stereocenters. The predicted octanol–water partition coefficient (Wildman–Crippen LogP) is 2.86. The molecule has 1 heterocycles. The Balaban J connectivity index is 0.00000392. The van der Waals surface area contributed by atoms with E-state index in [2.05, 4.69) is 15.2 Å². The van der Waals surface area contributed by atoms with Gasteiger partial charge in [-0.1, -0.05) is 6.07 Å². The molecule has 158 valence electrons. The van der Waals surface area contributed by atoms with E-state index in [1.54, 1.807) is 13.1 Å². The van der Waals surface area contributed by atoms with Crippen molar-refractivity contribution in [1.29, 1.82) is 0 Å². The smallest absolute Gasteiger partial charge is 0.310 e. The van der Waals surface area contributed by atoms with Crippen LogP contribution in [0.2, 0.25) is 0 Å². The lowest BCUT2D eigenvalue weighted by molar-refractivity contribution is -0.149. The summed E-state index contributed by atoms with van der Waals surface area (Å²) >= 11 is 0. The zero-order chi connectivity index (χ0) is 19.8. The van der Waals surface area contributed by atoms with E-state index >= 15 is 0 Å². The number of ether oxygens (including phenoxy) is 1. The number of halogens is 2. The normalized spacial score (nSPS) is 17.3. The molecule has 1 aliphatic rings. The van der Waals surface area contributed by atoms with Gasteiger partial charge in [0.25, 0.3) is 0 Å². The first-order valence-corrected chi connectivity index (χ1v) is 9.48. The number of piperidine rings is 1. The first-order valence-electron chi connectivity index (χ1n) is 9.48. The summed E-state index contributed by atoms with van der Waals surface area (Å²) in [5, 5.41) is 3.33.